The minimum absolute atomic E-state index is 0.107. The standard InChI is InChI=1S/C22H20N2O5S2/c1-13-2-8-16(9-3-13)31(27,28)18-12-30-22-17(10-20(26)24-21(18)22)14-4-6-15(7-5-14)29-11-19(23)25/h2-9,12,17H,10-11H2,1H3,(H2,23,25)(H,24,26)/t17-/m1/s1. The van der Waals surface area contributed by atoms with E-state index in [1.165, 1.54) is 11.3 Å². The van der Waals surface area contributed by atoms with Gasteiger partial charge in [-0.2, -0.15) is 0 Å². The van der Waals surface area contributed by atoms with E-state index < -0.39 is 15.7 Å². The van der Waals surface area contributed by atoms with Gasteiger partial charge in [0.1, 0.15) is 10.6 Å². The monoisotopic (exact) mass is 456 g/mol. The summed E-state index contributed by atoms with van der Waals surface area (Å²) < 4.78 is 31.7. The molecule has 3 aromatic rings. The quantitative estimate of drug-likeness (QED) is 0.591. The Bertz CT molecular complexity index is 1250. The fourth-order valence-corrected chi connectivity index (χ4v) is 6.37. The van der Waals surface area contributed by atoms with Crippen molar-refractivity contribution < 1.29 is 22.7 Å². The summed E-state index contributed by atoms with van der Waals surface area (Å²) in [6, 6.07) is 13.6. The van der Waals surface area contributed by atoms with Gasteiger partial charge in [0.15, 0.2) is 6.61 Å². The van der Waals surface area contributed by atoms with Gasteiger partial charge in [-0.1, -0.05) is 29.8 Å². The molecule has 2 aromatic carbocycles. The highest BCUT2D eigenvalue weighted by molar-refractivity contribution is 7.91. The molecule has 160 valence electrons. The molecule has 0 fully saturated rings. The minimum atomic E-state index is -3.77. The number of thiophene rings is 1. The van der Waals surface area contributed by atoms with Crippen LogP contribution in [0.1, 0.15) is 28.3 Å². The molecule has 0 saturated carbocycles. The number of rotatable bonds is 6. The van der Waals surface area contributed by atoms with Crippen LogP contribution in [0.15, 0.2) is 63.7 Å². The average Bonchev–Trinajstić information content (AvgIpc) is 3.17. The molecule has 7 nitrogen and oxygen atoms in total. The Labute approximate surface area is 183 Å². The predicted molar refractivity (Wildman–Crippen MR) is 117 cm³/mol. The first-order valence-corrected chi connectivity index (χ1v) is 11.9. The number of fused-ring (bicyclic) bond motifs is 1. The first-order valence-electron chi connectivity index (χ1n) is 9.50. The van der Waals surface area contributed by atoms with Gasteiger partial charge in [0, 0.05) is 22.6 Å². The van der Waals surface area contributed by atoms with Crippen LogP contribution >= 0.6 is 11.3 Å². The number of benzene rings is 2. The number of nitrogens with one attached hydrogen (secondary N) is 1. The zero-order valence-corrected chi connectivity index (χ0v) is 18.3. The molecule has 9 heteroatoms. The Morgan fingerprint density at radius 3 is 2.48 bits per heavy atom. The Kier molecular flexibility index (Phi) is 5.55. The smallest absolute Gasteiger partial charge is 0.255 e. The molecular weight excluding hydrogens is 436 g/mol. The maximum atomic E-state index is 13.2. The van der Waals surface area contributed by atoms with Crippen molar-refractivity contribution in [1.82, 2.24) is 0 Å². The zero-order chi connectivity index (χ0) is 22.2. The number of hydrogen-bond donors (Lipinski definition) is 2. The van der Waals surface area contributed by atoms with Crippen LogP contribution in [0.5, 0.6) is 5.75 Å². The third-order valence-corrected chi connectivity index (χ3v) is 8.08. The van der Waals surface area contributed by atoms with Gasteiger partial charge in [-0.05, 0) is 36.8 Å². The molecule has 0 unspecified atom stereocenters. The van der Waals surface area contributed by atoms with E-state index in [0.29, 0.717) is 11.4 Å². The number of carbonyl (C=O) groups is 2. The molecule has 1 aromatic heterocycles. The van der Waals surface area contributed by atoms with E-state index in [4.69, 9.17) is 10.5 Å². The summed E-state index contributed by atoms with van der Waals surface area (Å²) in [6.07, 6.45) is 0.207. The van der Waals surface area contributed by atoms with Crippen molar-refractivity contribution in [3.8, 4) is 5.75 Å². The van der Waals surface area contributed by atoms with Crippen molar-refractivity contribution in [2.45, 2.75) is 29.1 Å². The molecule has 0 radical (unpaired) electrons. The van der Waals surface area contributed by atoms with Crippen LogP contribution in [0.3, 0.4) is 0 Å². The van der Waals surface area contributed by atoms with Crippen molar-refractivity contribution >= 4 is 38.7 Å². The molecule has 0 saturated heterocycles. The number of amides is 2. The third-order valence-electron chi connectivity index (χ3n) is 5.04. The van der Waals surface area contributed by atoms with Gasteiger partial charge in [0.2, 0.25) is 15.7 Å². The van der Waals surface area contributed by atoms with Crippen molar-refractivity contribution in [2.75, 3.05) is 11.9 Å². The molecule has 0 spiro atoms. The van der Waals surface area contributed by atoms with Crippen LogP contribution in [-0.4, -0.2) is 26.8 Å². The van der Waals surface area contributed by atoms with Crippen LogP contribution in [0.2, 0.25) is 0 Å². The molecule has 0 aliphatic carbocycles. The predicted octanol–water partition coefficient (Wildman–Crippen LogP) is 3.23. The summed E-state index contributed by atoms with van der Waals surface area (Å²) in [5, 5.41) is 4.34. The van der Waals surface area contributed by atoms with Crippen molar-refractivity contribution in [3.63, 3.8) is 0 Å². The Balaban J connectivity index is 1.69. The lowest BCUT2D eigenvalue weighted by Gasteiger charge is -2.24. The highest BCUT2D eigenvalue weighted by Gasteiger charge is 2.34. The normalized spacial score (nSPS) is 15.8. The lowest BCUT2D eigenvalue weighted by Crippen LogP contribution is -2.23. The number of carbonyl (C=O) groups excluding carboxylic acids is 2. The summed E-state index contributed by atoms with van der Waals surface area (Å²) in [5.74, 6) is -0.610. The topological polar surface area (TPSA) is 116 Å². The van der Waals surface area contributed by atoms with Crippen LogP contribution in [0, 0.1) is 6.92 Å². The van der Waals surface area contributed by atoms with E-state index >= 15 is 0 Å². The molecule has 3 N–H and O–H groups in total. The van der Waals surface area contributed by atoms with E-state index in [0.717, 1.165) is 16.0 Å². The highest BCUT2D eigenvalue weighted by atomic mass is 32.2. The number of aryl methyl sites for hydroxylation is 1. The number of nitrogens with two attached hydrogens (primary N) is 1. The number of sulfone groups is 1. The van der Waals surface area contributed by atoms with E-state index in [-0.39, 0.29) is 34.6 Å². The van der Waals surface area contributed by atoms with Crippen molar-refractivity contribution in [2.24, 2.45) is 5.73 Å². The molecule has 1 atom stereocenters. The van der Waals surface area contributed by atoms with Gasteiger partial charge >= 0.3 is 0 Å². The lowest BCUT2D eigenvalue weighted by molar-refractivity contribution is -0.120. The second-order valence-electron chi connectivity index (χ2n) is 7.28. The molecule has 4 rings (SSSR count). The lowest BCUT2D eigenvalue weighted by atomic mass is 9.90. The minimum Gasteiger partial charge on any atom is -0.484 e. The van der Waals surface area contributed by atoms with Crippen LogP contribution in [0.25, 0.3) is 0 Å². The number of ether oxygens (including phenoxy) is 1. The van der Waals surface area contributed by atoms with Crippen LogP contribution in [-0.2, 0) is 19.4 Å². The average molecular weight is 457 g/mol. The molecule has 1 aliphatic rings. The Morgan fingerprint density at radius 1 is 1.16 bits per heavy atom. The van der Waals surface area contributed by atoms with Crippen LogP contribution in [0.4, 0.5) is 5.69 Å². The summed E-state index contributed by atoms with van der Waals surface area (Å²) in [6.45, 7) is 1.67. The number of hydrogen-bond acceptors (Lipinski definition) is 6. The molecule has 2 amide bonds. The second-order valence-corrected chi connectivity index (χ2v) is 10.1. The second kappa shape index (κ2) is 8.16. The van der Waals surface area contributed by atoms with E-state index in [2.05, 4.69) is 5.32 Å². The first-order chi connectivity index (χ1) is 14.8. The molecular formula is C22H20N2O5S2. The highest BCUT2D eigenvalue weighted by Crippen LogP contribution is 2.46. The van der Waals surface area contributed by atoms with Crippen molar-refractivity contribution in [1.29, 1.82) is 0 Å². The van der Waals surface area contributed by atoms with Gasteiger partial charge in [0.05, 0.1) is 10.6 Å². The van der Waals surface area contributed by atoms with Gasteiger partial charge in [-0.25, -0.2) is 8.42 Å². The maximum Gasteiger partial charge on any atom is 0.255 e. The third kappa shape index (κ3) is 4.19. The number of primary amides is 1. The van der Waals surface area contributed by atoms with Gasteiger partial charge in [0.25, 0.3) is 5.91 Å². The summed E-state index contributed by atoms with van der Waals surface area (Å²) >= 11 is 1.31. The molecule has 1 aliphatic heterocycles. The van der Waals surface area contributed by atoms with Gasteiger partial charge in [-0.3, -0.25) is 9.59 Å². The summed E-state index contributed by atoms with van der Waals surface area (Å²) in [7, 11) is -3.77. The fraction of sp³-hybridized carbons (Fsp3) is 0.182. The molecule has 2 heterocycles. The molecule has 31 heavy (non-hydrogen) atoms. The zero-order valence-electron chi connectivity index (χ0n) is 16.6. The fourth-order valence-electron chi connectivity index (χ4n) is 3.47. The van der Waals surface area contributed by atoms with E-state index in [1.54, 1.807) is 53.9 Å². The summed E-state index contributed by atoms with van der Waals surface area (Å²) in [5.41, 5.74) is 7.25. The maximum absolute atomic E-state index is 13.2. The SMILES string of the molecule is Cc1ccc(S(=O)(=O)c2csc3c2NC(=O)C[C@@H]3c2ccc(OCC(N)=O)cc2)cc1. The Hall–Kier alpha value is -3.17. The van der Waals surface area contributed by atoms with Gasteiger partial charge < -0.3 is 15.8 Å². The van der Waals surface area contributed by atoms with Gasteiger partial charge in [-0.15, -0.1) is 11.3 Å². The first kappa shape index (κ1) is 21.1. The summed E-state index contributed by atoms with van der Waals surface area (Å²) in [4.78, 5) is 24.4. The van der Waals surface area contributed by atoms with E-state index in [9.17, 15) is 18.0 Å². The van der Waals surface area contributed by atoms with Crippen molar-refractivity contribution in [3.05, 3.63) is 69.9 Å². The largest absolute Gasteiger partial charge is 0.484 e. The van der Waals surface area contributed by atoms with E-state index in [1.807, 2.05) is 6.92 Å². The molecule has 0 bridgehead atoms. The van der Waals surface area contributed by atoms with Crippen LogP contribution < -0.4 is 15.8 Å². The number of anilines is 1. The Morgan fingerprint density at radius 2 is 1.84 bits per heavy atom.